The van der Waals surface area contributed by atoms with Crippen LogP contribution in [0.2, 0.25) is 0 Å². The van der Waals surface area contributed by atoms with E-state index < -0.39 is 0 Å². The van der Waals surface area contributed by atoms with Gasteiger partial charge < -0.3 is 10.2 Å². The van der Waals surface area contributed by atoms with Crippen LogP contribution in [0.3, 0.4) is 0 Å². The highest BCUT2D eigenvalue weighted by molar-refractivity contribution is 5.80. The molecule has 0 spiro atoms. The van der Waals surface area contributed by atoms with Crippen LogP contribution in [0.4, 0.5) is 0 Å². The van der Waals surface area contributed by atoms with E-state index in [1.165, 1.54) is 22.3 Å². The molecule has 4 aromatic carbocycles. The van der Waals surface area contributed by atoms with Crippen molar-refractivity contribution >= 4 is 5.96 Å². The van der Waals surface area contributed by atoms with E-state index in [0.29, 0.717) is 6.54 Å². The zero-order valence-corrected chi connectivity index (χ0v) is 18.3. The van der Waals surface area contributed by atoms with E-state index >= 15 is 0 Å². The average Bonchev–Trinajstić information content (AvgIpc) is 2.86. The Morgan fingerprint density at radius 2 is 0.938 bits per heavy atom. The highest BCUT2D eigenvalue weighted by Gasteiger charge is 2.13. The van der Waals surface area contributed by atoms with E-state index in [9.17, 15) is 0 Å². The van der Waals surface area contributed by atoms with Gasteiger partial charge in [-0.2, -0.15) is 0 Å². The van der Waals surface area contributed by atoms with E-state index in [2.05, 4.69) is 119 Å². The lowest BCUT2D eigenvalue weighted by Gasteiger charge is -2.27. The molecule has 3 heteroatoms. The molecule has 1 N–H and O–H groups in total. The number of hydrogen-bond donors (Lipinski definition) is 1. The molecule has 0 radical (unpaired) electrons. The summed E-state index contributed by atoms with van der Waals surface area (Å²) in [4.78, 5) is 7.36. The van der Waals surface area contributed by atoms with E-state index in [1.807, 2.05) is 12.1 Å². The van der Waals surface area contributed by atoms with Gasteiger partial charge in [0.1, 0.15) is 0 Å². The lowest BCUT2D eigenvalue weighted by molar-refractivity contribution is 0.388. The van der Waals surface area contributed by atoms with Crippen molar-refractivity contribution in [1.29, 1.82) is 0 Å². The Balaban J connectivity index is 1.61. The number of hydrogen-bond acceptors (Lipinski definition) is 1. The van der Waals surface area contributed by atoms with E-state index in [1.54, 1.807) is 0 Å². The van der Waals surface area contributed by atoms with Gasteiger partial charge in [0.05, 0.1) is 6.54 Å². The molecule has 0 aliphatic carbocycles. The molecule has 0 aromatic heterocycles. The summed E-state index contributed by atoms with van der Waals surface area (Å²) in [7, 11) is 0. The quantitative estimate of drug-likeness (QED) is 0.279. The smallest absolute Gasteiger partial charge is 0.195 e. The standard InChI is InChI=1S/C29H29N3/c1-5-13-25(14-6-1)21-30-29(31-22-26-15-7-2-8-16-26)32(23-27-17-9-3-10-18-27)24-28-19-11-4-12-20-28/h1-20H,21-24H2,(H,30,31). The Morgan fingerprint density at radius 3 is 1.41 bits per heavy atom. The third-order valence-corrected chi connectivity index (χ3v) is 5.28. The van der Waals surface area contributed by atoms with Crippen LogP contribution < -0.4 is 5.32 Å². The topological polar surface area (TPSA) is 27.6 Å². The fraction of sp³-hybridized carbons (Fsp3) is 0.138. The van der Waals surface area contributed by atoms with Crippen LogP contribution in [-0.4, -0.2) is 10.9 Å². The lowest BCUT2D eigenvalue weighted by Crippen LogP contribution is -2.40. The average molecular weight is 420 g/mol. The van der Waals surface area contributed by atoms with Gasteiger partial charge in [-0.3, -0.25) is 0 Å². The summed E-state index contributed by atoms with van der Waals surface area (Å²) in [6.45, 7) is 2.93. The molecule has 0 aliphatic heterocycles. The summed E-state index contributed by atoms with van der Waals surface area (Å²) >= 11 is 0. The van der Waals surface area contributed by atoms with Crippen molar-refractivity contribution in [3.8, 4) is 0 Å². The third-order valence-electron chi connectivity index (χ3n) is 5.28. The molecule has 0 saturated carbocycles. The van der Waals surface area contributed by atoms with Crippen LogP contribution in [0, 0.1) is 0 Å². The molecule has 32 heavy (non-hydrogen) atoms. The Hall–Kier alpha value is -3.85. The number of rotatable bonds is 8. The largest absolute Gasteiger partial charge is 0.352 e. The second-order valence-corrected chi connectivity index (χ2v) is 7.79. The van der Waals surface area contributed by atoms with Gasteiger partial charge >= 0.3 is 0 Å². The molecule has 4 aromatic rings. The highest BCUT2D eigenvalue weighted by Crippen LogP contribution is 2.12. The Morgan fingerprint density at radius 1 is 0.531 bits per heavy atom. The molecule has 3 nitrogen and oxygen atoms in total. The number of guanidine groups is 1. The Labute approximate surface area is 191 Å². The molecular weight excluding hydrogens is 390 g/mol. The summed E-state index contributed by atoms with van der Waals surface area (Å²) in [6.07, 6.45) is 0. The van der Waals surface area contributed by atoms with Gasteiger partial charge in [0, 0.05) is 19.6 Å². The molecule has 0 aliphatic rings. The van der Waals surface area contributed by atoms with Crippen LogP contribution >= 0.6 is 0 Å². The van der Waals surface area contributed by atoms with Crippen molar-refractivity contribution in [1.82, 2.24) is 10.2 Å². The van der Waals surface area contributed by atoms with Crippen molar-refractivity contribution < 1.29 is 0 Å². The van der Waals surface area contributed by atoms with Gasteiger partial charge in [-0.25, -0.2) is 4.99 Å². The molecule has 0 bridgehead atoms. The van der Waals surface area contributed by atoms with E-state index in [4.69, 9.17) is 4.99 Å². The number of nitrogens with one attached hydrogen (secondary N) is 1. The van der Waals surface area contributed by atoms with Gasteiger partial charge in [0.15, 0.2) is 5.96 Å². The van der Waals surface area contributed by atoms with Gasteiger partial charge in [0.2, 0.25) is 0 Å². The molecule has 0 amide bonds. The fourth-order valence-electron chi connectivity index (χ4n) is 3.61. The minimum absolute atomic E-state index is 0.637. The van der Waals surface area contributed by atoms with Crippen LogP contribution in [0.1, 0.15) is 22.3 Å². The molecular formula is C29H29N3. The number of aliphatic imine (C=N–C) groups is 1. The first-order chi connectivity index (χ1) is 15.9. The third kappa shape index (κ3) is 6.58. The molecule has 0 saturated heterocycles. The first-order valence-electron chi connectivity index (χ1n) is 11.1. The van der Waals surface area contributed by atoms with E-state index in [0.717, 1.165) is 25.6 Å². The van der Waals surface area contributed by atoms with Crippen molar-refractivity contribution in [3.05, 3.63) is 144 Å². The van der Waals surface area contributed by atoms with Crippen LogP contribution in [0.15, 0.2) is 126 Å². The Bertz CT molecular complexity index is 1040. The van der Waals surface area contributed by atoms with Crippen LogP contribution in [0.5, 0.6) is 0 Å². The zero-order valence-electron chi connectivity index (χ0n) is 18.3. The maximum Gasteiger partial charge on any atom is 0.195 e. The summed E-state index contributed by atoms with van der Waals surface area (Å²) < 4.78 is 0. The van der Waals surface area contributed by atoms with Crippen molar-refractivity contribution in [2.75, 3.05) is 0 Å². The van der Waals surface area contributed by atoms with Gasteiger partial charge in [0.25, 0.3) is 0 Å². The number of nitrogens with zero attached hydrogens (tertiary/aromatic N) is 2. The molecule has 0 fully saturated rings. The monoisotopic (exact) mass is 419 g/mol. The maximum absolute atomic E-state index is 5.03. The maximum atomic E-state index is 5.03. The SMILES string of the molecule is c1ccc(CN=C(NCc2ccccc2)N(Cc2ccccc2)Cc2ccccc2)cc1. The van der Waals surface area contributed by atoms with Gasteiger partial charge in [-0.1, -0.05) is 121 Å². The van der Waals surface area contributed by atoms with Crippen molar-refractivity contribution in [2.24, 2.45) is 4.99 Å². The van der Waals surface area contributed by atoms with Gasteiger partial charge in [-0.15, -0.1) is 0 Å². The molecule has 0 atom stereocenters. The lowest BCUT2D eigenvalue weighted by atomic mass is 10.1. The first-order valence-corrected chi connectivity index (χ1v) is 11.1. The molecule has 160 valence electrons. The van der Waals surface area contributed by atoms with Crippen LogP contribution in [0.25, 0.3) is 0 Å². The zero-order chi connectivity index (χ0) is 21.8. The first kappa shape index (κ1) is 21.4. The second kappa shape index (κ2) is 11.5. The molecule has 0 unspecified atom stereocenters. The fourth-order valence-corrected chi connectivity index (χ4v) is 3.61. The van der Waals surface area contributed by atoms with Crippen LogP contribution in [-0.2, 0) is 26.2 Å². The predicted octanol–water partition coefficient (Wildman–Crippen LogP) is 6.03. The minimum atomic E-state index is 0.637. The van der Waals surface area contributed by atoms with E-state index in [-0.39, 0.29) is 0 Å². The molecule has 4 rings (SSSR count). The summed E-state index contributed by atoms with van der Waals surface area (Å²) in [5.74, 6) is 0.908. The highest BCUT2D eigenvalue weighted by atomic mass is 15.3. The summed E-state index contributed by atoms with van der Waals surface area (Å²) in [5, 5.41) is 3.62. The van der Waals surface area contributed by atoms with Crippen molar-refractivity contribution in [2.45, 2.75) is 26.2 Å². The van der Waals surface area contributed by atoms with Gasteiger partial charge in [-0.05, 0) is 22.3 Å². The number of benzene rings is 4. The molecule has 0 heterocycles. The summed E-state index contributed by atoms with van der Waals surface area (Å²) in [5.41, 5.74) is 4.96. The second-order valence-electron chi connectivity index (χ2n) is 7.79. The van der Waals surface area contributed by atoms with Crippen molar-refractivity contribution in [3.63, 3.8) is 0 Å². The Kier molecular flexibility index (Phi) is 7.70. The summed E-state index contributed by atoms with van der Waals surface area (Å²) in [6, 6.07) is 42.0. The minimum Gasteiger partial charge on any atom is -0.352 e. The predicted molar refractivity (Wildman–Crippen MR) is 133 cm³/mol. The normalized spacial score (nSPS) is 11.2.